The molecular weight excluding hydrogens is 402 g/mol. The number of benzene rings is 1. The lowest BCUT2D eigenvalue weighted by molar-refractivity contribution is -0.123. The van der Waals surface area contributed by atoms with Crippen molar-refractivity contribution in [1.82, 2.24) is 24.8 Å². The number of carbonyl (C=O) groups excluding carboxylic acids is 1. The number of nitrogens with one attached hydrogen (secondary N) is 2. The molecule has 4 rings (SSSR count). The molecule has 0 radical (unpaired) electrons. The number of hydrogen-bond acceptors (Lipinski definition) is 4. The molecule has 1 aliphatic heterocycles. The second kappa shape index (κ2) is 9.88. The van der Waals surface area contributed by atoms with Gasteiger partial charge in [-0.3, -0.25) is 10.1 Å². The Labute approximate surface area is 190 Å². The summed E-state index contributed by atoms with van der Waals surface area (Å²) in [5.41, 5.74) is 3.72. The van der Waals surface area contributed by atoms with Crippen molar-refractivity contribution in [3.05, 3.63) is 53.7 Å². The van der Waals surface area contributed by atoms with Gasteiger partial charge in [0.1, 0.15) is 5.82 Å². The molecule has 2 N–H and O–H groups in total. The summed E-state index contributed by atoms with van der Waals surface area (Å²) in [4.78, 5) is 17.6. The summed E-state index contributed by atoms with van der Waals surface area (Å²) in [5.74, 6) is 1.59. The van der Waals surface area contributed by atoms with Crippen LogP contribution >= 0.6 is 0 Å². The third-order valence-electron chi connectivity index (χ3n) is 6.30. The maximum Gasteiger partial charge on any atom is 0.237 e. The molecule has 7 heteroatoms. The molecule has 0 saturated carbocycles. The number of rotatable bonds is 9. The van der Waals surface area contributed by atoms with Gasteiger partial charge in [0.05, 0.1) is 12.6 Å². The van der Waals surface area contributed by atoms with Gasteiger partial charge in [-0.2, -0.15) is 0 Å². The van der Waals surface area contributed by atoms with Crippen LogP contribution in [0.1, 0.15) is 49.7 Å². The number of aromatic nitrogens is 3. The van der Waals surface area contributed by atoms with E-state index in [4.69, 9.17) is 4.74 Å². The van der Waals surface area contributed by atoms with E-state index in [1.807, 2.05) is 19.4 Å². The predicted octanol–water partition coefficient (Wildman–Crippen LogP) is 3.18. The van der Waals surface area contributed by atoms with E-state index in [0.717, 1.165) is 18.7 Å². The minimum Gasteiger partial charge on any atom is -0.385 e. The van der Waals surface area contributed by atoms with Crippen LogP contribution in [0.15, 0.2) is 36.8 Å². The lowest BCUT2D eigenvalue weighted by Crippen LogP contribution is -2.46. The largest absolute Gasteiger partial charge is 0.385 e. The molecule has 7 nitrogen and oxygen atoms in total. The topological polar surface area (TPSA) is 73.1 Å². The standard InChI is InChI=1S/C25H35N5O2/c1-17(2)13-20-19-7-5-8-22-24(19)18(15-30(22)16-23-26-10-11-29(23)3)14-21(28-20)25(31)27-9-6-12-32-4/h5,7-8,10-11,15,17,20-21,28H,6,9,12-14,16H2,1-4H3,(H,27,31). The van der Waals surface area contributed by atoms with Crippen LogP contribution in [0.25, 0.3) is 10.9 Å². The predicted molar refractivity (Wildman–Crippen MR) is 127 cm³/mol. The Morgan fingerprint density at radius 3 is 2.94 bits per heavy atom. The molecule has 3 aromatic rings. The van der Waals surface area contributed by atoms with Crippen LogP contribution in [-0.2, 0) is 29.5 Å². The van der Waals surface area contributed by atoms with Crippen LogP contribution in [0, 0.1) is 5.92 Å². The second-order valence-electron chi connectivity index (χ2n) is 9.22. The minimum atomic E-state index is -0.263. The van der Waals surface area contributed by atoms with Gasteiger partial charge in [-0.15, -0.1) is 0 Å². The number of amides is 1. The molecule has 0 bridgehead atoms. The van der Waals surface area contributed by atoms with Gasteiger partial charge in [-0.25, -0.2) is 4.98 Å². The molecule has 32 heavy (non-hydrogen) atoms. The summed E-state index contributed by atoms with van der Waals surface area (Å²) >= 11 is 0. The minimum absolute atomic E-state index is 0.0627. The molecule has 0 spiro atoms. The summed E-state index contributed by atoms with van der Waals surface area (Å²) in [7, 11) is 3.71. The van der Waals surface area contributed by atoms with Gasteiger partial charge in [-0.1, -0.05) is 26.0 Å². The monoisotopic (exact) mass is 437 g/mol. The highest BCUT2D eigenvalue weighted by Gasteiger charge is 2.30. The smallest absolute Gasteiger partial charge is 0.237 e. The van der Waals surface area contributed by atoms with Crippen LogP contribution in [0.2, 0.25) is 0 Å². The van der Waals surface area contributed by atoms with Crippen molar-refractivity contribution in [3.63, 3.8) is 0 Å². The van der Waals surface area contributed by atoms with E-state index in [1.165, 1.54) is 22.0 Å². The summed E-state index contributed by atoms with van der Waals surface area (Å²) < 4.78 is 9.44. The number of carbonyl (C=O) groups is 1. The van der Waals surface area contributed by atoms with Gasteiger partial charge >= 0.3 is 0 Å². The zero-order valence-electron chi connectivity index (χ0n) is 19.6. The van der Waals surface area contributed by atoms with Crippen molar-refractivity contribution in [2.45, 2.75) is 51.7 Å². The highest BCUT2D eigenvalue weighted by Crippen LogP contribution is 2.36. The lowest BCUT2D eigenvalue weighted by Gasteiger charge is -2.25. The maximum absolute atomic E-state index is 13.1. The number of nitrogens with zero attached hydrogens (tertiary/aromatic N) is 3. The Kier molecular flexibility index (Phi) is 6.96. The molecule has 172 valence electrons. The molecule has 1 aliphatic rings. The fourth-order valence-electron chi connectivity index (χ4n) is 4.74. The van der Waals surface area contributed by atoms with Gasteiger partial charge in [0, 0.05) is 62.8 Å². The van der Waals surface area contributed by atoms with Gasteiger partial charge in [0.25, 0.3) is 0 Å². The summed E-state index contributed by atoms with van der Waals surface area (Å²) in [6.45, 7) is 6.46. The molecule has 2 atom stereocenters. The molecular formula is C25H35N5O2. The number of hydrogen-bond donors (Lipinski definition) is 2. The average Bonchev–Trinajstić information content (AvgIpc) is 3.28. The van der Waals surface area contributed by atoms with E-state index in [1.54, 1.807) is 7.11 Å². The highest BCUT2D eigenvalue weighted by molar-refractivity contribution is 5.90. The van der Waals surface area contributed by atoms with Crippen molar-refractivity contribution in [3.8, 4) is 0 Å². The molecule has 1 aromatic carbocycles. The average molecular weight is 438 g/mol. The zero-order valence-corrected chi connectivity index (χ0v) is 19.6. The van der Waals surface area contributed by atoms with E-state index >= 15 is 0 Å². The van der Waals surface area contributed by atoms with Crippen molar-refractivity contribution in [2.75, 3.05) is 20.3 Å². The molecule has 0 saturated heterocycles. The van der Waals surface area contributed by atoms with E-state index in [-0.39, 0.29) is 18.0 Å². The Balaban J connectivity index is 1.68. The summed E-state index contributed by atoms with van der Waals surface area (Å²) in [5, 5.41) is 8.07. The first-order valence-electron chi connectivity index (χ1n) is 11.6. The zero-order chi connectivity index (χ0) is 22.7. The number of aryl methyl sites for hydroxylation is 1. The highest BCUT2D eigenvalue weighted by atomic mass is 16.5. The Morgan fingerprint density at radius 2 is 2.22 bits per heavy atom. The number of ether oxygens (including phenoxy) is 1. The Bertz CT molecular complexity index is 1070. The first kappa shape index (κ1) is 22.6. The van der Waals surface area contributed by atoms with E-state index in [9.17, 15) is 4.79 Å². The quantitative estimate of drug-likeness (QED) is 0.505. The van der Waals surface area contributed by atoms with E-state index < -0.39 is 0 Å². The van der Waals surface area contributed by atoms with Gasteiger partial charge in [0.15, 0.2) is 0 Å². The van der Waals surface area contributed by atoms with Gasteiger partial charge in [-0.05, 0) is 42.4 Å². The molecule has 2 unspecified atom stereocenters. The molecule has 0 fully saturated rings. The third kappa shape index (κ3) is 4.74. The maximum atomic E-state index is 13.1. The Hall–Kier alpha value is -2.64. The molecule has 0 aliphatic carbocycles. The third-order valence-corrected chi connectivity index (χ3v) is 6.30. The first-order valence-corrected chi connectivity index (χ1v) is 11.6. The van der Waals surface area contributed by atoms with Crippen LogP contribution < -0.4 is 10.6 Å². The molecule has 1 amide bonds. The van der Waals surface area contributed by atoms with Crippen molar-refractivity contribution in [1.29, 1.82) is 0 Å². The Morgan fingerprint density at radius 1 is 1.38 bits per heavy atom. The van der Waals surface area contributed by atoms with Gasteiger partial charge in [0.2, 0.25) is 5.91 Å². The number of imidazole rings is 1. The first-order chi connectivity index (χ1) is 15.5. The van der Waals surface area contributed by atoms with E-state index in [0.29, 0.717) is 32.0 Å². The molecule has 3 heterocycles. The van der Waals surface area contributed by atoms with Gasteiger partial charge < -0.3 is 19.2 Å². The van der Waals surface area contributed by atoms with E-state index in [2.05, 4.69) is 63.0 Å². The van der Waals surface area contributed by atoms with Crippen LogP contribution in [0.3, 0.4) is 0 Å². The fraction of sp³-hybridized carbons (Fsp3) is 0.520. The summed E-state index contributed by atoms with van der Waals surface area (Å²) in [6.07, 6.45) is 8.50. The van der Waals surface area contributed by atoms with Crippen LogP contribution in [0.5, 0.6) is 0 Å². The van der Waals surface area contributed by atoms with Crippen LogP contribution in [0.4, 0.5) is 0 Å². The van der Waals surface area contributed by atoms with Crippen molar-refractivity contribution >= 4 is 16.8 Å². The second-order valence-corrected chi connectivity index (χ2v) is 9.22. The SMILES string of the molecule is COCCCNC(=O)C1Cc2cn(Cc3nccn3C)c3cccc(c23)C(CC(C)C)N1. The molecule has 2 aromatic heterocycles. The van der Waals surface area contributed by atoms with Crippen molar-refractivity contribution in [2.24, 2.45) is 13.0 Å². The number of methoxy groups -OCH3 is 1. The van der Waals surface area contributed by atoms with Crippen molar-refractivity contribution < 1.29 is 9.53 Å². The van der Waals surface area contributed by atoms with Crippen LogP contribution in [-0.4, -0.2) is 46.3 Å². The normalized spacial score (nSPS) is 18.3. The fourth-order valence-corrected chi connectivity index (χ4v) is 4.74. The summed E-state index contributed by atoms with van der Waals surface area (Å²) in [6, 6.07) is 6.41. The lowest BCUT2D eigenvalue weighted by atomic mass is 9.94.